The molecule has 0 saturated heterocycles. The van der Waals surface area contributed by atoms with Crippen LogP contribution >= 0.6 is 0 Å². The number of carboxylic acid groups (broad SMARTS) is 1. The highest BCUT2D eigenvalue weighted by Crippen LogP contribution is 2.28. The Morgan fingerprint density at radius 1 is 0.973 bits per heavy atom. The molecule has 3 aromatic rings. The van der Waals surface area contributed by atoms with Gasteiger partial charge < -0.3 is 20.6 Å². The van der Waals surface area contributed by atoms with Gasteiger partial charge in [0, 0.05) is 17.8 Å². The maximum atomic E-state index is 13.6. The van der Waals surface area contributed by atoms with Crippen LogP contribution in [-0.4, -0.2) is 49.2 Å². The number of carboxylic acids is 1. The van der Waals surface area contributed by atoms with Crippen molar-refractivity contribution in [3.8, 4) is 5.69 Å². The fourth-order valence-corrected chi connectivity index (χ4v) is 4.16. The number of nitrogens with zero attached hydrogens (tertiary/aromatic N) is 2. The van der Waals surface area contributed by atoms with Crippen LogP contribution in [0.15, 0.2) is 48.5 Å². The number of aromatic nitrogens is 2. The Morgan fingerprint density at radius 2 is 1.57 bits per heavy atom. The highest BCUT2D eigenvalue weighted by atomic mass is 19.1. The number of carbonyl (C=O) groups is 2. The number of hydrogen-bond donors (Lipinski definition) is 4. The van der Waals surface area contributed by atoms with Crippen molar-refractivity contribution in [2.45, 2.75) is 64.2 Å². The van der Waals surface area contributed by atoms with E-state index >= 15 is 0 Å². The van der Waals surface area contributed by atoms with Crippen molar-refractivity contribution in [1.29, 1.82) is 0 Å². The van der Waals surface area contributed by atoms with E-state index in [9.17, 15) is 28.6 Å². The molecule has 0 fully saturated rings. The van der Waals surface area contributed by atoms with Crippen LogP contribution in [0.5, 0.6) is 0 Å². The molecule has 0 aliphatic carbocycles. The topological polar surface area (TPSA) is 125 Å². The molecule has 198 valence electrons. The molecule has 10 heteroatoms. The van der Waals surface area contributed by atoms with Gasteiger partial charge in [-0.1, -0.05) is 26.0 Å². The van der Waals surface area contributed by atoms with Crippen molar-refractivity contribution in [2.24, 2.45) is 0 Å². The lowest BCUT2D eigenvalue weighted by Gasteiger charge is -2.16. The Balaban J connectivity index is 1.90. The molecule has 1 aromatic heterocycles. The zero-order valence-electron chi connectivity index (χ0n) is 20.7. The predicted octanol–water partition coefficient (Wildman–Crippen LogP) is 3.72. The van der Waals surface area contributed by atoms with Crippen LogP contribution in [0.3, 0.4) is 0 Å². The van der Waals surface area contributed by atoms with E-state index in [1.165, 1.54) is 36.4 Å². The Kier molecular flexibility index (Phi) is 9.48. The molecule has 0 saturated carbocycles. The quantitative estimate of drug-likeness (QED) is 0.291. The third-order valence-corrected chi connectivity index (χ3v) is 5.92. The summed E-state index contributed by atoms with van der Waals surface area (Å²) in [6, 6.07) is 11.4. The zero-order valence-corrected chi connectivity index (χ0v) is 20.7. The van der Waals surface area contributed by atoms with Crippen LogP contribution in [0.4, 0.5) is 8.78 Å². The summed E-state index contributed by atoms with van der Waals surface area (Å²) in [5, 5.41) is 36.5. The number of amides is 1. The molecule has 8 nitrogen and oxygen atoms in total. The number of rotatable bonds is 12. The molecule has 1 heterocycles. The standard InChI is InChI=1S/C27H31F2N3O5/c1-16(2)25-23(12-11-21(33)13-22(34)14-24(35)36)32(20-9-7-19(29)8-10-20)31-26(25)27(37)30-15-17-3-5-18(28)6-4-17/h3-10,16,21-22,33-34H,11-15H2,1-2H3,(H,30,37)(H,35,36)/t21-,22-/m1/s1. The fourth-order valence-electron chi connectivity index (χ4n) is 4.16. The first-order valence-electron chi connectivity index (χ1n) is 12.0. The lowest BCUT2D eigenvalue weighted by atomic mass is 9.95. The fraction of sp³-hybridized carbons (Fsp3) is 0.370. The Bertz CT molecular complexity index is 1210. The SMILES string of the molecule is CC(C)c1c(C(=O)NCc2ccc(F)cc2)nn(-c2ccc(F)cc2)c1CC[C@@H](O)C[C@@H](O)CC(=O)O. The largest absolute Gasteiger partial charge is 0.481 e. The van der Waals surface area contributed by atoms with E-state index in [-0.39, 0.29) is 43.2 Å². The van der Waals surface area contributed by atoms with E-state index < -0.39 is 36.3 Å². The number of aliphatic hydroxyl groups excluding tert-OH is 2. The summed E-state index contributed by atoms with van der Waals surface area (Å²) in [5.74, 6) is -2.54. The highest BCUT2D eigenvalue weighted by molar-refractivity contribution is 5.94. The van der Waals surface area contributed by atoms with Crippen molar-refractivity contribution in [1.82, 2.24) is 15.1 Å². The van der Waals surface area contributed by atoms with Gasteiger partial charge in [0.1, 0.15) is 11.6 Å². The second-order valence-electron chi connectivity index (χ2n) is 9.24. The lowest BCUT2D eigenvalue weighted by molar-refractivity contribution is -0.139. The average Bonchev–Trinajstić information content (AvgIpc) is 3.22. The first kappa shape index (κ1) is 27.9. The predicted molar refractivity (Wildman–Crippen MR) is 132 cm³/mol. The van der Waals surface area contributed by atoms with Crippen LogP contribution < -0.4 is 5.32 Å². The molecule has 0 bridgehead atoms. The second-order valence-corrected chi connectivity index (χ2v) is 9.24. The molecule has 0 radical (unpaired) electrons. The number of benzene rings is 2. The summed E-state index contributed by atoms with van der Waals surface area (Å²) in [5.41, 5.74) is 2.70. The minimum atomic E-state index is -1.19. The van der Waals surface area contributed by atoms with E-state index in [2.05, 4.69) is 10.4 Å². The second kappa shape index (κ2) is 12.6. The molecule has 0 aliphatic heterocycles. The Morgan fingerprint density at radius 3 is 2.14 bits per heavy atom. The average molecular weight is 516 g/mol. The number of aliphatic carboxylic acids is 1. The highest BCUT2D eigenvalue weighted by Gasteiger charge is 2.26. The number of halogens is 2. The van der Waals surface area contributed by atoms with Gasteiger partial charge in [-0.25, -0.2) is 13.5 Å². The van der Waals surface area contributed by atoms with Crippen LogP contribution in [0.25, 0.3) is 5.69 Å². The molecule has 0 aliphatic rings. The summed E-state index contributed by atoms with van der Waals surface area (Å²) in [4.78, 5) is 24.0. The normalized spacial score (nSPS) is 12.9. The smallest absolute Gasteiger partial charge is 0.305 e. The molecular weight excluding hydrogens is 484 g/mol. The van der Waals surface area contributed by atoms with E-state index in [0.29, 0.717) is 22.5 Å². The molecule has 2 aromatic carbocycles. The maximum absolute atomic E-state index is 13.6. The van der Waals surface area contributed by atoms with Crippen molar-refractivity contribution in [3.05, 3.63) is 82.7 Å². The van der Waals surface area contributed by atoms with Crippen molar-refractivity contribution in [2.75, 3.05) is 0 Å². The van der Waals surface area contributed by atoms with Gasteiger partial charge in [-0.15, -0.1) is 0 Å². The van der Waals surface area contributed by atoms with E-state index in [1.54, 1.807) is 16.8 Å². The van der Waals surface area contributed by atoms with Crippen LogP contribution in [0.2, 0.25) is 0 Å². The Hall–Kier alpha value is -3.63. The summed E-state index contributed by atoms with van der Waals surface area (Å²) >= 11 is 0. The maximum Gasteiger partial charge on any atom is 0.305 e. The third kappa shape index (κ3) is 7.68. The molecule has 0 unspecified atom stereocenters. The summed E-state index contributed by atoms with van der Waals surface area (Å²) in [7, 11) is 0. The Labute approximate surface area is 213 Å². The third-order valence-electron chi connectivity index (χ3n) is 5.92. The van der Waals surface area contributed by atoms with E-state index in [1.807, 2.05) is 13.8 Å². The van der Waals surface area contributed by atoms with Crippen molar-refractivity contribution in [3.63, 3.8) is 0 Å². The molecule has 4 N–H and O–H groups in total. The molecule has 3 rings (SSSR count). The van der Waals surface area contributed by atoms with Gasteiger partial charge in [-0.3, -0.25) is 9.59 Å². The van der Waals surface area contributed by atoms with Gasteiger partial charge in [-0.2, -0.15) is 5.10 Å². The van der Waals surface area contributed by atoms with Crippen molar-refractivity contribution < 1.29 is 33.7 Å². The molecule has 0 spiro atoms. The molecule has 1 amide bonds. The molecule has 37 heavy (non-hydrogen) atoms. The van der Waals surface area contributed by atoms with Gasteiger partial charge >= 0.3 is 5.97 Å². The molecular formula is C27H31F2N3O5. The zero-order chi connectivity index (χ0) is 27.1. The van der Waals surface area contributed by atoms with E-state index in [0.717, 1.165) is 0 Å². The number of carbonyl (C=O) groups excluding carboxylic acids is 1. The summed E-state index contributed by atoms with van der Waals surface area (Å²) in [6.45, 7) is 3.97. The van der Waals surface area contributed by atoms with Gasteiger partial charge in [0.25, 0.3) is 5.91 Å². The molecule has 2 atom stereocenters. The lowest BCUT2D eigenvalue weighted by Crippen LogP contribution is -2.24. The minimum Gasteiger partial charge on any atom is -0.481 e. The van der Waals surface area contributed by atoms with Crippen LogP contribution in [0, 0.1) is 11.6 Å². The number of nitrogens with one attached hydrogen (secondary N) is 1. The van der Waals surface area contributed by atoms with E-state index in [4.69, 9.17) is 5.11 Å². The number of aliphatic hydroxyl groups is 2. The summed E-state index contributed by atoms with van der Waals surface area (Å²) in [6.07, 6.45) is -2.31. The first-order chi connectivity index (χ1) is 17.5. The van der Waals surface area contributed by atoms with Gasteiger partial charge in [-0.05, 0) is 67.1 Å². The van der Waals surface area contributed by atoms with Gasteiger partial charge in [0.2, 0.25) is 0 Å². The van der Waals surface area contributed by atoms with Crippen LogP contribution in [0.1, 0.15) is 66.3 Å². The van der Waals surface area contributed by atoms with Gasteiger partial charge in [0.15, 0.2) is 5.69 Å². The first-order valence-corrected chi connectivity index (χ1v) is 12.0. The monoisotopic (exact) mass is 515 g/mol. The van der Waals surface area contributed by atoms with Gasteiger partial charge in [0.05, 0.1) is 24.3 Å². The van der Waals surface area contributed by atoms with Crippen LogP contribution in [-0.2, 0) is 17.8 Å². The minimum absolute atomic E-state index is 0.112. The number of hydrogen-bond acceptors (Lipinski definition) is 5. The van der Waals surface area contributed by atoms with Crippen molar-refractivity contribution >= 4 is 11.9 Å². The summed E-state index contributed by atoms with van der Waals surface area (Å²) < 4.78 is 28.3.